The number of furan rings is 1. The van der Waals surface area contributed by atoms with E-state index in [1.807, 2.05) is 26.1 Å². The third-order valence-electron chi connectivity index (χ3n) is 2.71. The predicted octanol–water partition coefficient (Wildman–Crippen LogP) is 2.01. The minimum atomic E-state index is 0.496. The largest absolute Gasteiger partial charge is 0.473 e. The molecule has 0 bridgehead atoms. The second-order valence-corrected chi connectivity index (χ2v) is 4.19. The van der Waals surface area contributed by atoms with Crippen molar-refractivity contribution in [1.29, 1.82) is 0 Å². The van der Waals surface area contributed by atoms with E-state index in [9.17, 15) is 0 Å². The summed E-state index contributed by atoms with van der Waals surface area (Å²) in [6.07, 6.45) is 1.69. The Morgan fingerprint density at radius 3 is 3.00 bits per heavy atom. The fourth-order valence-electron chi connectivity index (χ4n) is 1.76. The van der Waals surface area contributed by atoms with Crippen LogP contribution in [-0.4, -0.2) is 16.3 Å². The molecule has 98 valence electrons. The van der Waals surface area contributed by atoms with Gasteiger partial charge >= 0.3 is 0 Å². The Hall–Kier alpha value is -1.75. The molecule has 0 radical (unpaired) electrons. The van der Waals surface area contributed by atoms with Crippen LogP contribution in [0.1, 0.15) is 23.9 Å². The molecule has 5 nitrogen and oxygen atoms in total. The quantitative estimate of drug-likeness (QED) is 0.851. The van der Waals surface area contributed by atoms with Gasteiger partial charge in [0.15, 0.2) is 0 Å². The maximum Gasteiger partial charge on any atom is 0.212 e. The van der Waals surface area contributed by atoms with Crippen LogP contribution < -0.4 is 10.1 Å². The monoisotopic (exact) mass is 249 g/mol. The number of aryl methyl sites for hydroxylation is 2. The summed E-state index contributed by atoms with van der Waals surface area (Å²) in [5, 5.41) is 7.48. The van der Waals surface area contributed by atoms with Gasteiger partial charge in [-0.2, -0.15) is 5.10 Å². The van der Waals surface area contributed by atoms with Crippen LogP contribution in [0.4, 0.5) is 0 Å². The summed E-state index contributed by atoms with van der Waals surface area (Å²) in [6, 6.07) is 3.86. The normalized spacial score (nSPS) is 10.8. The molecule has 0 aromatic carbocycles. The molecule has 2 aromatic heterocycles. The second kappa shape index (κ2) is 5.73. The van der Waals surface area contributed by atoms with Gasteiger partial charge in [-0.3, -0.25) is 0 Å². The second-order valence-electron chi connectivity index (χ2n) is 4.19. The van der Waals surface area contributed by atoms with Gasteiger partial charge in [-0.1, -0.05) is 6.92 Å². The molecular weight excluding hydrogens is 230 g/mol. The maximum atomic E-state index is 5.74. The average Bonchev–Trinajstić information content (AvgIpc) is 2.90. The molecule has 2 aromatic rings. The first-order chi connectivity index (χ1) is 8.70. The van der Waals surface area contributed by atoms with E-state index in [0.29, 0.717) is 6.61 Å². The summed E-state index contributed by atoms with van der Waals surface area (Å²) in [7, 11) is 1.87. The predicted molar refractivity (Wildman–Crippen MR) is 68.4 cm³/mol. The van der Waals surface area contributed by atoms with Crippen LogP contribution in [0.2, 0.25) is 0 Å². The molecule has 5 heteroatoms. The fourth-order valence-corrected chi connectivity index (χ4v) is 1.76. The molecule has 1 N–H and O–H groups in total. The van der Waals surface area contributed by atoms with Crippen LogP contribution in [0.25, 0.3) is 0 Å². The van der Waals surface area contributed by atoms with E-state index in [1.54, 1.807) is 10.9 Å². The smallest absolute Gasteiger partial charge is 0.212 e. The molecule has 0 saturated heterocycles. The topological polar surface area (TPSA) is 52.2 Å². The Balaban J connectivity index is 1.97. The van der Waals surface area contributed by atoms with Crippen molar-refractivity contribution in [1.82, 2.24) is 15.1 Å². The highest BCUT2D eigenvalue weighted by Gasteiger charge is 2.08. The molecule has 18 heavy (non-hydrogen) atoms. The van der Waals surface area contributed by atoms with Gasteiger partial charge in [0.05, 0.1) is 18.5 Å². The molecule has 0 atom stereocenters. The zero-order chi connectivity index (χ0) is 13.0. The highest BCUT2D eigenvalue weighted by atomic mass is 16.5. The van der Waals surface area contributed by atoms with Crippen molar-refractivity contribution in [2.75, 3.05) is 6.54 Å². The molecule has 0 aliphatic rings. The number of nitrogens with zero attached hydrogens (tertiary/aromatic N) is 2. The first kappa shape index (κ1) is 12.7. The van der Waals surface area contributed by atoms with Crippen molar-refractivity contribution in [3.8, 4) is 5.88 Å². The first-order valence-electron chi connectivity index (χ1n) is 6.10. The number of ether oxygens (including phenoxy) is 1. The number of rotatable bonds is 6. The summed E-state index contributed by atoms with van der Waals surface area (Å²) < 4.78 is 12.9. The molecule has 0 aliphatic carbocycles. The Morgan fingerprint density at radius 2 is 2.33 bits per heavy atom. The summed E-state index contributed by atoms with van der Waals surface area (Å²) in [5.41, 5.74) is 2.02. The van der Waals surface area contributed by atoms with Crippen LogP contribution >= 0.6 is 0 Å². The van der Waals surface area contributed by atoms with Gasteiger partial charge in [0, 0.05) is 18.7 Å². The molecule has 0 spiro atoms. The highest BCUT2D eigenvalue weighted by molar-refractivity contribution is 5.19. The highest BCUT2D eigenvalue weighted by Crippen LogP contribution is 2.16. The van der Waals surface area contributed by atoms with Crippen LogP contribution in [0, 0.1) is 6.92 Å². The van der Waals surface area contributed by atoms with Crippen molar-refractivity contribution in [3.05, 3.63) is 35.4 Å². The van der Waals surface area contributed by atoms with Crippen LogP contribution in [-0.2, 0) is 20.2 Å². The number of nitrogens with one attached hydrogen (secondary N) is 1. The van der Waals surface area contributed by atoms with Gasteiger partial charge in [0.1, 0.15) is 12.4 Å². The molecular formula is C13H19N3O2. The molecule has 0 aliphatic heterocycles. The SMILES string of the molecule is CCNCc1occc1COc1cc(C)nn1C. The van der Waals surface area contributed by atoms with E-state index in [0.717, 1.165) is 36.0 Å². The molecule has 0 fully saturated rings. The minimum absolute atomic E-state index is 0.496. The van der Waals surface area contributed by atoms with E-state index in [-0.39, 0.29) is 0 Å². The van der Waals surface area contributed by atoms with E-state index in [2.05, 4.69) is 17.3 Å². The lowest BCUT2D eigenvalue weighted by Crippen LogP contribution is -2.13. The van der Waals surface area contributed by atoms with E-state index >= 15 is 0 Å². The Kier molecular flexibility index (Phi) is 4.04. The molecule has 2 heterocycles. The summed E-state index contributed by atoms with van der Waals surface area (Å²) in [6.45, 7) is 6.16. The lowest BCUT2D eigenvalue weighted by atomic mass is 10.2. The van der Waals surface area contributed by atoms with Gasteiger partial charge in [-0.05, 0) is 19.5 Å². The van der Waals surface area contributed by atoms with E-state index in [1.165, 1.54) is 0 Å². The van der Waals surface area contributed by atoms with Crippen molar-refractivity contribution >= 4 is 0 Å². The van der Waals surface area contributed by atoms with Crippen molar-refractivity contribution in [2.24, 2.45) is 7.05 Å². The third-order valence-corrected chi connectivity index (χ3v) is 2.71. The molecule has 0 saturated carbocycles. The lowest BCUT2D eigenvalue weighted by molar-refractivity contribution is 0.275. The van der Waals surface area contributed by atoms with Gasteiger partial charge in [-0.25, -0.2) is 4.68 Å². The standard InChI is InChI=1S/C13H19N3O2/c1-4-14-8-12-11(5-6-17-12)9-18-13-7-10(2)15-16(13)3/h5-7,14H,4,8-9H2,1-3H3. The molecule has 2 rings (SSSR count). The van der Waals surface area contributed by atoms with Crippen molar-refractivity contribution < 1.29 is 9.15 Å². The summed E-state index contributed by atoms with van der Waals surface area (Å²) in [4.78, 5) is 0. The zero-order valence-corrected chi connectivity index (χ0v) is 11.1. The minimum Gasteiger partial charge on any atom is -0.473 e. The fraction of sp³-hybridized carbons (Fsp3) is 0.462. The number of hydrogen-bond donors (Lipinski definition) is 1. The van der Waals surface area contributed by atoms with Gasteiger partial charge in [0.25, 0.3) is 0 Å². The van der Waals surface area contributed by atoms with E-state index < -0.39 is 0 Å². The third kappa shape index (κ3) is 2.92. The van der Waals surface area contributed by atoms with Crippen LogP contribution in [0.15, 0.2) is 22.8 Å². The van der Waals surface area contributed by atoms with Crippen molar-refractivity contribution in [3.63, 3.8) is 0 Å². The van der Waals surface area contributed by atoms with Crippen LogP contribution in [0.3, 0.4) is 0 Å². The van der Waals surface area contributed by atoms with Gasteiger partial charge < -0.3 is 14.5 Å². The number of aromatic nitrogens is 2. The summed E-state index contributed by atoms with van der Waals surface area (Å²) in [5.74, 6) is 1.69. The Morgan fingerprint density at radius 1 is 1.50 bits per heavy atom. The summed E-state index contributed by atoms with van der Waals surface area (Å²) >= 11 is 0. The van der Waals surface area contributed by atoms with Gasteiger partial charge in [0.2, 0.25) is 5.88 Å². The lowest BCUT2D eigenvalue weighted by Gasteiger charge is -2.06. The Bertz CT molecular complexity index is 502. The van der Waals surface area contributed by atoms with Gasteiger partial charge in [-0.15, -0.1) is 0 Å². The zero-order valence-electron chi connectivity index (χ0n) is 11.1. The number of hydrogen-bond acceptors (Lipinski definition) is 4. The first-order valence-corrected chi connectivity index (χ1v) is 6.10. The molecule has 0 amide bonds. The maximum absolute atomic E-state index is 5.74. The molecule has 0 unspecified atom stereocenters. The van der Waals surface area contributed by atoms with Crippen molar-refractivity contribution in [2.45, 2.75) is 27.0 Å². The van der Waals surface area contributed by atoms with E-state index in [4.69, 9.17) is 9.15 Å². The average molecular weight is 249 g/mol. The Labute approximate surface area is 107 Å². The van der Waals surface area contributed by atoms with Crippen LogP contribution in [0.5, 0.6) is 5.88 Å².